The average molecular weight is 399 g/mol. The lowest BCUT2D eigenvalue weighted by atomic mass is 10.1. The topological polar surface area (TPSA) is 88.6 Å². The zero-order valence-corrected chi connectivity index (χ0v) is 16.9. The van der Waals surface area contributed by atoms with Gasteiger partial charge in [0.25, 0.3) is 5.91 Å². The van der Waals surface area contributed by atoms with Crippen LogP contribution in [0.2, 0.25) is 0 Å². The van der Waals surface area contributed by atoms with Crippen LogP contribution in [0, 0.1) is 6.92 Å². The summed E-state index contributed by atoms with van der Waals surface area (Å²) in [5.74, 6) is -0.189. The van der Waals surface area contributed by atoms with Crippen molar-refractivity contribution in [3.63, 3.8) is 0 Å². The summed E-state index contributed by atoms with van der Waals surface area (Å²) < 4.78 is 31.2. The second-order valence-electron chi connectivity index (χ2n) is 6.48. The maximum atomic E-state index is 13.0. The van der Waals surface area contributed by atoms with E-state index in [4.69, 9.17) is 4.74 Å². The number of hydrogen-bond donors (Lipinski definition) is 1. The van der Waals surface area contributed by atoms with Gasteiger partial charge in [0.2, 0.25) is 10.0 Å². The van der Waals surface area contributed by atoms with Crippen LogP contribution in [0.5, 0.6) is 5.75 Å². The number of benzene rings is 2. The van der Waals surface area contributed by atoms with Gasteiger partial charge in [-0.3, -0.25) is 9.78 Å². The molecule has 0 aliphatic carbocycles. The molecule has 3 rings (SSSR count). The van der Waals surface area contributed by atoms with Gasteiger partial charge in [-0.2, -0.15) is 0 Å². The van der Waals surface area contributed by atoms with E-state index < -0.39 is 15.9 Å². The van der Waals surface area contributed by atoms with Gasteiger partial charge >= 0.3 is 0 Å². The van der Waals surface area contributed by atoms with Gasteiger partial charge in [-0.1, -0.05) is 11.6 Å². The third-order valence-electron chi connectivity index (χ3n) is 4.34. The van der Waals surface area contributed by atoms with Crippen LogP contribution in [0.1, 0.15) is 15.9 Å². The molecule has 1 heterocycles. The Morgan fingerprint density at radius 2 is 1.86 bits per heavy atom. The van der Waals surface area contributed by atoms with Gasteiger partial charge in [0.05, 0.1) is 28.8 Å². The third kappa shape index (κ3) is 3.69. The number of aryl methyl sites for hydroxylation is 1. The van der Waals surface area contributed by atoms with E-state index >= 15 is 0 Å². The van der Waals surface area contributed by atoms with E-state index in [0.29, 0.717) is 5.69 Å². The molecule has 0 saturated carbocycles. The number of nitrogens with zero attached hydrogens (tertiary/aromatic N) is 2. The van der Waals surface area contributed by atoms with Crippen molar-refractivity contribution in [2.24, 2.45) is 0 Å². The molecule has 1 amide bonds. The largest absolute Gasteiger partial charge is 0.496 e. The smallest absolute Gasteiger partial charge is 0.259 e. The van der Waals surface area contributed by atoms with E-state index in [1.807, 2.05) is 25.1 Å². The van der Waals surface area contributed by atoms with E-state index in [9.17, 15) is 13.2 Å². The monoisotopic (exact) mass is 399 g/mol. The minimum atomic E-state index is -3.68. The average Bonchev–Trinajstić information content (AvgIpc) is 2.67. The van der Waals surface area contributed by atoms with Crippen molar-refractivity contribution in [3.8, 4) is 5.75 Å². The van der Waals surface area contributed by atoms with E-state index in [0.717, 1.165) is 20.8 Å². The first-order chi connectivity index (χ1) is 13.2. The fraction of sp³-hybridized carbons (Fsp3) is 0.200. The Hall–Kier alpha value is -2.97. The lowest BCUT2D eigenvalue weighted by molar-refractivity contribution is 0.102. The number of hydrogen-bond acceptors (Lipinski definition) is 5. The Labute approximate surface area is 164 Å². The number of fused-ring (bicyclic) bond motifs is 1. The highest BCUT2D eigenvalue weighted by molar-refractivity contribution is 7.89. The van der Waals surface area contributed by atoms with Crippen LogP contribution in [-0.2, 0) is 10.0 Å². The number of rotatable bonds is 5. The molecule has 0 unspecified atom stereocenters. The normalized spacial score (nSPS) is 11.6. The summed E-state index contributed by atoms with van der Waals surface area (Å²) in [6.07, 6.45) is 1.61. The molecule has 8 heteroatoms. The molecule has 0 aliphatic heterocycles. The molecule has 0 radical (unpaired) electrons. The minimum absolute atomic E-state index is 0.0129. The van der Waals surface area contributed by atoms with Crippen molar-refractivity contribution in [1.29, 1.82) is 0 Å². The van der Waals surface area contributed by atoms with Crippen LogP contribution in [0.25, 0.3) is 10.9 Å². The van der Waals surface area contributed by atoms with Crippen LogP contribution in [0.4, 0.5) is 5.69 Å². The Balaban J connectivity index is 2.05. The SMILES string of the molecule is COc1ccc(S(=O)(=O)N(C)C)cc1C(=O)Nc1ccnc2ccc(C)cc12. The van der Waals surface area contributed by atoms with E-state index in [-0.39, 0.29) is 16.2 Å². The maximum absolute atomic E-state index is 13.0. The molecule has 0 aliphatic rings. The summed E-state index contributed by atoms with van der Waals surface area (Å²) in [6.45, 7) is 1.96. The van der Waals surface area contributed by atoms with Gasteiger partial charge in [-0.05, 0) is 43.3 Å². The molecule has 1 N–H and O–H groups in total. The first-order valence-corrected chi connectivity index (χ1v) is 9.95. The minimum Gasteiger partial charge on any atom is -0.496 e. The quantitative estimate of drug-likeness (QED) is 0.712. The first kappa shape index (κ1) is 19.8. The number of aromatic nitrogens is 1. The van der Waals surface area contributed by atoms with Crippen molar-refractivity contribution in [2.45, 2.75) is 11.8 Å². The zero-order chi connectivity index (χ0) is 20.5. The number of nitrogens with one attached hydrogen (secondary N) is 1. The number of anilines is 1. The van der Waals surface area contributed by atoms with E-state index in [1.54, 1.807) is 12.3 Å². The molecule has 0 fully saturated rings. The van der Waals surface area contributed by atoms with Crippen molar-refractivity contribution >= 4 is 32.5 Å². The van der Waals surface area contributed by atoms with Crippen LogP contribution in [-0.4, -0.2) is 44.8 Å². The summed E-state index contributed by atoms with van der Waals surface area (Å²) in [6, 6.07) is 11.7. The molecule has 0 spiro atoms. The van der Waals surface area contributed by atoms with E-state index in [1.165, 1.54) is 39.4 Å². The second kappa shape index (κ2) is 7.57. The lowest BCUT2D eigenvalue weighted by Crippen LogP contribution is -2.23. The lowest BCUT2D eigenvalue weighted by Gasteiger charge is -2.15. The number of ether oxygens (including phenoxy) is 1. The number of amides is 1. The number of sulfonamides is 1. The Kier molecular flexibility index (Phi) is 5.35. The molecule has 0 atom stereocenters. The first-order valence-electron chi connectivity index (χ1n) is 8.51. The number of methoxy groups -OCH3 is 1. The molecule has 28 heavy (non-hydrogen) atoms. The predicted octanol–water partition coefficient (Wildman–Crippen LogP) is 3.05. The second-order valence-corrected chi connectivity index (χ2v) is 8.63. The molecule has 2 aromatic carbocycles. The molecule has 0 bridgehead atoms. The highest BCUT2D eigenvalue weighted by Gasteiger charge is 2.22. The summed E-state index contributed by atoms with van der Waals surface area (Å²) in [4.78, 5) is 17.3. The summed E-state index contributed by atoms with van der Waals surface area (Å²) in [7, 11) is 0.615. The Morgan fingerprint density at radius 3 is 2.54 bits per heavy atom. The molecule has 7 nitrogen and oxygen atoms in total. The number of pyridine rings is 1. The van der Waals surface area contributed by atoms with Gasteiger partial charge < -0.3 is 10.1 Å². The van der Waals surface area contributed by atoms with Crippen LogP contribution < -0.4 is 10.1 Å². The fourth-order valence-corrected chi connectivity index (χ4v) is 3.72. The molecular formula is C20H21N3O4S. The van der Waals surface area contributed by atoms with Gasteiger partial charge in [-0.15, -0.1) is 0 Å². The molecular weight excluding hydrogens is 378 g/mol. The summed E-state index contributed by atoms with van der Waals surface area (Å²) >= 11 is 0. The third-order valence-corrected chi connectivity index (χ3v) is 6.15. The predicted molar refractivity (Wildman–Crippen MR) is 108 cm³/mol. The molecule has 3 aromatic rings. The van der Waals surface area contributed by atoms with Gasteiger partial charge in [0.1, 0.15) is 5.75 Å². The summed E-state index contributed by atoms with van der Waals surface area (Å²) in [5, 5.41) is 3.64. The fourth-order valence-electron chi connectivity index (χ4n) is 2.79. The Bertz CT molecular complexity index is 1160. The number of carbonyl (C=O) groups is 1. The van der Waals surface area contributed by atoms with E-state index in [2.05, 4.69) is 10.3 Å². The van der Waals surface area contributed by atoms with Crippen molar-refractivity contribution in [2.75, 3.05) is 26.5 Å². The van der Waals surface area contributed by atoms with Crippen LogP contribution >= 0.6 is 0 Å². The highest BCUT2D eigenvalue weighted by Crippen LogP contribution is 2.27. The molecule has 0 saturated heterocycles. The van der Waals surface area contributed by atoms with Gasteiger partial charge in [-0.25, -0.2) is 12.7 Å². The summed E-state index contributed by atoms with van der Waals surface area (Å²) in [5.41, 5.74) is 2.50. The van der Waals surface area contributed by atoms with Gasteiger partial charge in [0.15, 0.2) is 0 Å². The number of carbonyl (C=O) groups excluding carboxylic acids is 1. The van der Waals surface area contributed by atoms with Crippen molar-refractivity contribution in [3.05, 3.63) is 59.8 Å². The highest BCUT2D eigenvalue weighted by atomic mass is 32.2. The maximum Gasteiger partial charge on any atom is 0.259 e. The van der Waals surface area contributed by atoms with Crippen molar-refractivity contribution < 1.29 is 17.9 Å². The van der Waals surface area contributed by atoms with Crippen LogP contribution in [0.3, 0.4) is 0 Å². The molecule has 1 aromatic heterocycles. The van der Waals surface area contributed by atoms with Crippen molar-refractivity contribution in [1.82, 2.24) is 9.29 Å². The molecule has 146 valence electrons. The van der Waals surface area contributed by atoms with Gasteiger partial charge in [0, 0.05) is 25.7 Å². The zero-order valence-electron chi connectivity index (χ0n) is 16.1. The standard InChI is InChI=1S/C20H21N3O4S/c1-13-5-7-17-15(11-13)18(9-10-21-17)22-20(24)16-12-14(6-8-19(16)27-4)28(25,26)23(2)3/h5-12H,1-4H3,(H,21,22,24). The van der Waals surface area contributed by atoms with Crippen LogP contribution in [0.15, 0.2) is 53.6 Å². The Morgan fingerprint density at radius 1 is 1.11 bits per heavy atom.